The molecule has 20 heavy (non-hydrogen) atoms. The number of nitrogens with zero attached hydrogens (tertiary/aromatic N) is 2. The van der Waals surface area contributed by atoms with Gasteiger partial charge in [-0.15, -0.1) is 0 Å². The minimum absolute atomic E-state index is 0. The maximum Gasteiger partial charge on any atom is 0.345 e. The summed E-state index contributed by atoms with van der Waals surface area (Å²) in [5, 5.41) is 9.18. The summed E-state index contributed by atoms with van der Waals surface area (Å²) < 4.78 is 15.3. The molecule has 0 bridgehead atoms. The first-order valence-corrected chi connectivity index (χ1v) is 5.64. The van der Waals surface area contributed by atoms with Gasteiger partial charge in [0.2, 0.25) is 17.9 Å². The van der Waals surface area contributed by atoms with Crippen LogP contribution in [0, 0.1) is 5.41 Å². The summed E-state index contributed by atoms with van der Waals surface area (Å²) in [6.45, 7) is 5.26. The van der Waals surface area contributed by atoms with Gasteiger partial charge in [0.1, 0.15) is 0 Å². The van der Waals surface area contributed by atoms with Gasteiger partial charge in [-0.25, -0.2) is 4.79 Å². The normalized spacial score (nSPS) is 12.1. The van der Waals surface area contributed by atoms with Crippen LogP contribution < -0.4 is 14.2 Å². The third-order valence-corrected chi connectivity index (χ3v) is 2.31. The average Bonchev–Trinajstić information content (AvgIpc) is 2.33. The summed E-state index contributed by atoms with van der Waals surface area (Å²) in [5.74, 6) is -0.613. The Morgan fingerprint density at radius 1 is 1.20 bits per heavy atom. The summed E-state index contributed by atoms with van der Waals surface area (Å²) in [4.78, 5) is 19.1. The number of aliphatic carboxylic acids is 1. The Morgan fingerprint density at radius 3 is 1.95 bits per heavy atom. The van der Waals surface area contributed by atoms with E-state index in [9.17, 15) is 9.90 Å². The van der Waals surface area contributed by atoms with E-state index in [4.69, 9.17) is 14.2 Å². The van der Waals surface area contributed by atoms with Crippen LogP contribution in [0.3, 0.4) is 0 Å². The molecule has 1 heterocycles. The van der Waals surface area contributed by atoms with Crippen molar-refractivity contribution in [3.05, 3.63) is 6.07 Å². The van der Waals surface area contributed by atoms with Crippen LogP contribution in [0.15, 0.2) is 6.07 Å². The first-order valence-electron chi connectivity index (χ1n) is 5.64. The van der Waals surface area contributed by atoms with Crippen molar-refractivity contribution < 1.29 is 41.2 Å². The molecule has 0 saturated heterocycles. The van der Waals surface area contributed by atoms with E-state index in [2.05, 4.69) is 9.97 Å². The maximum atomic E-state index is 11.2. The van der Waals surface area contributed by atoms with Gasteiger partial charge in [-0.05, 0) is 0 Å². The topological polar surface area (TPSA) is 90.8 Å². The first-order chi connectivity index (χ1) is 8.77. The Kier molecular flexibility index (Phi) is 6.75. The first kappa shape index (κ1) is 18.5. The van der Waals surface area contributed by atoms with E-state index in [-0.39, 0.29) is 34.8 Å². The fourth-order valence-corrected chi connectivity index (χ4v) is 1.35. The molecule has 0 aliphatic heterocycles. The van der Waals surface area contributed by atoms with Crippen LogP contribution in [-0.2, 0) is 21.9 Å². The molecule has 1 aromatic rings. The monoisotopic (exact) mass is 326 g/mol. The maximum absolute atomic E-state index is 11.2. The Hall–Kier alpha value is -1.53. The summed E-state index contributed by atoms with van der Waals surface area (Å²) in [5.41, 5.74) is -0.606. The molecule has 1 rings (SSSR count). The molecule has 0 amide bonds. The van der Waals surface area contributed by atoms with Crippen molar-refractivity contribution in [2.75, 3.05) is 14.2 Å². The molecule has 114 valence electrons. The largest absolute Gasteiger partial charge is 0.481 e. The second-order valence-electron chi connectivity index (χ2n) is 4.94. The second-order valence-corrected chi connectivity index (χ2v) is 4.94. The van der Waals surface area contributed by atoms with E-state index in [1.807, 2.05) is 0 Å². The number of hydrogen-bond acceptors (Lipinski definition) is 6. The number of carbonyl (C=O) groups is 1. The molecular weight excluding hydrogens is 308 g/mol. The molecule has 0 spiro atoms. The van der Waals surface area contributed by atoms with E-state index < -0.39 is 17.5 Å². The fourth-order valence-electron chi connectivity index (χ4n) is 1.35. The van der Waals surface area contributed by atoms with Gasteiger partial charge in [-0.2, -0.15) is 9.97 Å². The SMILES string of the molecule is COc1cc(OC)nc(OC(C(=O)O)C(C)(C)C)n1.[Fe]. The molecule has 1 aromatic heterocycles. The van der Waals surface area contributed by atoms with Gasteiger partial charge in [0, 0.05) is 22.5 Å². The molecule has 0 aromatic carbocycles. The summed E-state index contributed by atoms with van der Waals surface area (Å²) in [6, 6.07) is 1.37. The molecular formula is C12H18FeN2O5. The van der Waals surface area contributed by atoms with E-state index in [0.29, 0.717) is 0 Å². The predicted octanol–water partition coefficient (Wildman–Crippen LogP) is 1.37. The van der Waals surface area contributed by atoms with Crippen LogP contribution in [0.25, 0.3) is 0 Å². The van der Waals surface area contributed by atoms with Crippen molar-refractivity contribution in [3.63, 3.8) is 0 Å². The van der Waals surface area contributed by atoms with Gasteiger partial charge >= 0.3 is 12.0 Å². The fraction of sp³-hybridized carbons (Fsp3) is 0.583. The van der Waals surface area contributed by atoms with Gasteiger partial charge in [-0.1, -0.05) is 20.8 Å². The number of carboxylic acids is 1. The van der Waals surface area contributed by atoms with Crippen molar-refractivity contribution in [1.82, 2.24) is 9.97 Å². The second kappa shape index (κ2) is 7.30. The molecule has 8 heteroatoms. The summed E-state index contributed by atoms with van der Waals surface area (Å²) in [6.07, 6.45) is -1.08. The Labute approximate surface area is 128 Å². The standard InChI is InChI=1S/C12H18N2O5.Fe/c1-12(2,3)9(10(15)16)19-11-13-7(17-4)6-8(14-11)18-5;/h6,9H,1-5H3,(H,15,16);. The number of hydrogen-bond donors (Lipinski definition) is 1. The number of aromatic nitrogens is 2. The number of methoxy groups -OCH3 is 2. The van der Waals surface area contributed by atoms with E-state index >= 15 is 0 Å². The molecule has 0 aliphatic rings. The molecule has 1 N–H and O–H groups in total. The molecule has 1 atom stereocenters. The summed E-state index contributed by atoms with van der Waals surface area (Å²) in [7, 11) is 2.87. The average molecular weight is 326 g/mol. The molecule has 0 saturated carbocycles. The van der Waals surface area contributed by atoms with Crippen LogP contribution >= 0.6 is 0 Å². The van der Waals surface area contributed by atoms with Crippen LogP contribution in [0.2, 0.25) is 0 Å². The van der Waals surface area contributed by atoms with Crippen LogP contribution in [0.5, 0.6) is 17.8 Å². The predicted molar refractivity (Wildman–Crippen MR) is 66.6 cm³/mol. The van der Waals surface area contributed by atoms with Gasteiger partial charge in [0.05, 0.1) is 20.3 Å². The zero-order chi connectivity index (χ0) is 14.6. The zero-order valence-corrected chi connectivity index (χ0v) is 13.1. The number of carboxylic acid groups (broad SMARTS) is 1. The van der Waals surface area contributed by atoms with E-state index in [1.165, 1.54) is 20.3 Å². The van der Waals surface area contributed by atoms with Crippen molar-refractivity contribution in [3.8, 4) is 17.8 Å². The Morgan fingerprint density at radius 2 is 1.65 bits per heavy atom. The summed E-state index contributed by atoms with van der Waals surface area (Å²) >= 11 is 0. The molecule has 0 radical (unpaired) electrons. The number of rotatable bonds is 5. The third kappa shape index (κ3) is 4.86. The van der Waals surface area contributed by atoms with Gasteiger partial charge < -0.3 is 19.3 Å². The van der Waals surface area contributed by atoms with E-state index in [1.54, 1.807) is 20.8 Å². The molecule has 0 aliphatic carbocycles. The van der Waals surface area contributed by atoms with Crippen molar-refractivity contribution in [1.29, 1.82) is 0 Å². The van der Waals surface area contributed by atoms with Crippen molar-refractivity contribution >= 4 is 5.97 Å². The van der Waals surface area contributed by atoms with Crippen LogP contribution in [0.1, 0.15) is 20.8 Å². The third-order valence-electron chi connectivity index (χ3n) is 2.31. The van der Waals surface area contributed by atoms with Gasteiger partial charge in [-0.3, -0.25) is 0 Å². The molecule has 0 fully saturated rings. The Balaban J connectivity index is 0.00000361. The zero-order valence-electron chi connectivity index (χ0n) is 12.0. The molecule has 1 unspecified atom stereocenters. The minimum atomic E-state index is -1.09. The smallest absolute Gasteiger partial charge is 0.345 e. The van der Waals surface area contributed by atoms with Crippen LogP contribution in [-0.4, -0.2) is 41.4 Å². The Bertz CT molecular complexity index is 439. The minimum Gasteiger partial charge on any atom is -0.481 e. The van der Waals surface area contributed by atoms with E-state index in [0.717, 1.165) is 0 Å². The van der Waals surface area contributed by atoms with Gasteiger partial charge in [0.15, 0.2) is 0 Å². The van der Waals surface area contributed by atoms with Crippen molar-refractivity contribution in [2.45, 2.75) is 26.9 Å². The quantitative estimate of drug-likeness (QED) is 0.817. The van der Waals surface area contributed by atoms with Crippen molar-refractivity contribution in [2.24, 2.45) is 5.41 Å². The van der Waals surface area contributed by atoms with Gasteiger partial charge in [0.25, 0.3) is 0 Å². The molecule has 7 nitrogen and oxygen atoms in total. The number of ether oxygens (including phenoxy) is 3. The van der Waals surface area contributed by atoms with Crippen LogP contribution in [0.4, 0.5) is 0 Å².